The summed E-state index contributed by atoms with van der Waals surface area (Å²) in [6, 6.07) is 15.7. The van der Waals surface area contributed by atoms with E-state index in [0.29, 0.717) is 19.5 Å². The highest BCUT2D eigenvalue weighted by molar-refractivity contribution is 5.78. The van der Waals surface area contributed by atoms with Gasteiger partial charge in [-0.25, -0.2) is 0 Å². The van der Waals surface area contributed by atoms with E-state index in [-0.39, 0.29) is 5.91 Å². The number of benzene rings is 1. The van der Waals surface area contributed by atoms with E-state index in [0.717, 1.165) is 17.0 Å². The third-order valence-corrected chi connectivity index (χ3v) is 3.68. The van der Waals surface area contributed by atoms with Crippen molar-refractivity contribution in [2.24, 2.45) is 0 Å². The van der Waals surface area contributed by atoms with E-state index >= 15 is 0 Å². The van der Waals surface area contributed by atoms with E-state index in [2.05, 4.69) is 15.4 Å². The van der Waals surface area contributed by atoms with E-state index in [4.69, 9.17) is 0 Å². The summed E-state index contributed by atoms with van der Waals surface area (Å²) in [7, 11) is 0. The molecule has 1 amide bonds. The second-order valence-corrected chi connectivity index (χ2v) is 5.69. The summed E-state index contributed by atoms with van der Waals surface area (Å²) in [4.78, 5) is 16.3. The first-order valence-corrected chi connectivity index (χ1v) is 7.98. The molecule has 0 saturated carbocycles. The topological polar surface area (TPSA) is 59.8 Å². The van der Waals surface area contributed by atoms with E-state index in [1.165, 1.54) is 5.56 Å². The fourth-order valence-corrected chi connectivity index (χ4v) is 2.52. The first-order valence-electron chi connectivity index (χ1n) is 7.98. The van der Waals surface area contributed by atoms with Crippen molar-refractivity contribution < 1.29 is 4.79 Å². The molecule has 3 rings (SSSR count). The van der Waals surface area contributed by atoms with Gasteiger partial charge in [0.05, 0.1) is 18.7 Å². The SMILES string of the molecule is Cc1cccc(CC(=O)NCCn2ccc(-c3ccccn3)n2)c1. The second kappa shape index (κ2) is 7.55. The van der Waals surface area contributed by atoms with Crippen LogP contribution in [0.25, 0.3) is 11.4 Å². The number of pyridine rings is 1. The maximum absolute atomic E-state index is 12.0. The van der Waals surface area contributed by atoms with Crippen LogP contribution in [0.3, 0.4) is 0 Å². The van der Waals surface area contributed by atoms with Crippen LogP contribution in [-0.2, 0) is 17.8 Å². The van der Waals surface area contributed by atoms with Crippen molar-refractivity contribution in [3.05, 3.63) is 72.1 Å². The summed E-state index contributed by atoms with van der Waals surface area (Å²) in [5, 5.41) is 7.41. The minimum atomic E-state index is 0.0257. The summed E-state index contributed by atoms with van der Waals surface area (Å²) >= 11 is 0. The number of aromatic nitrogens is 3. The van der Waals surface area contributed by atoms with Crippen LogP contribution in [0, 0.1) is 6.92 Å². The predicted octanol–water partition coefficient (Wildman–Crippen LogP) is 2.61. The standard InChI is InChI=1S/C19H20N4O/c1-15-5-4-6-16(13-15)14-19(24)21-10-12-23-11-8-18(22-23)17-7-2-3-9-20-17/h2-9,11,13H,10,12,14H2,1H3,(H,21,24). The van der Waals surface area contributed by atoms with Crippen molar-refractivity contribution in [2.45, 2.75) is 19.9 Å². The van der Waals surface area contributed by atoms with Gasteiger partial charge in [-0.2, -0.15) is 5.10 Å². The molecule has 0 aliphatic carbocycles. The number of carbonyl (C=O) groups excluding carboxylic acids is 1. The van der Waals surface area contributed by atoms with Crippen LogP contribution in [0.1, 0.15) is 11.1 Å². The number of aryl methyl sites for hydroxylation is 1. The molecule has 2 aromatic heterocycles. The first kappa shape index (κ1) is 15.9. The molecule has 0 saturated heterocycles. The van der Waals surface area contributed by atoms with Crippen molar-refractivity contribution in [2.75, 3.05) is 6.54 Å². The number of hydrogen-bond donors (Lipinski definition) is 1. The Bertz CT molecular complexity index is 811. The van der Waals surface area contributed by atoms with Crippen molar-refractivity contribution in [1.82, 2.24) is 20.1 Å². The average Bonchev–Trinajstić information content (AvgIpc) is 3.04. The quantitative estimate of drug-likeness (QED) is 0.759. The lowest BCUT2D eigenvalue weighted by atomic mass is 10.1. The van der Waals surface area contributed by atoms with Gasteiger partial charge in [-0.05, 0) is 30.7 Å². The smallest absolute Gasteiger partial charge is 0.224 e. The molecule has 2 heterocycles. The molecule has 0 radical (unpaired) electrons. The highest BCUT2D eigenvalue weighted by atomic mass is 16.1. The molecule has 5 nitrogen and oxygen atoms in total. The lowest BCUT2D eigenvalue weighted by molar-refractivity contribution is -0.120. The molecule has 122 valence electrons. The average molecular weight is 320 g/mol. The molecule has 0 unspecified atom stereocenters. The molecular formula is C19H20N4O. The van der Waals surface area contributed by atoms with Crippen LogP contribution in [0.4, 0.5) is 0 Å². The minimum absolute atomic E-state index is 0.0257. The summed E-state index contributed by atoms with van der Waals surface area (Å²) in [5.74, 6) is 0.0257. The Morgan fingerprint density at radius 2 is 2.04 bits per heavy atom. The maximum Gasteiger partial charge on any atom is 0.224 e. The van der Waals surface area contributed by atoms with Crippen LogP contribution >= 0.6 is 0 Å². The Kier molecular flexibility index (Phi) is 5.01. The van der Waals surface area contributed by atoms with Gasteiger partial charge in [0.15, 0.2) is 0 Å². The van der Waals surface area contributed by atoms with Crippen LogP contribution in [0.5, 0.6) is 0 Å². The van der Waals surface area contributed by atoms with Crippen LogP contribution < -0.4 is 5.32 Å². The summed E-state index contributed by atoms with van der Waals surface area (Å²) in [5.41, 5.74) is 3.88. The van der Waals surface area contributed by atoms with Gasteiger partial charge in [0.25, 0.3) is 0 Å². The fraction of sp³-hybridized carbons (Fsp3) is 0.211. The van der Waals surface area contributed by atoms with Crippen molar-refractivity contribution >= 4 is 5.91 Å². The Morgan fingerprint density at radius 3 is 2.83 bits per heavy atom. The van der Waals surface area contributed by atoms with Gasteiger partial charge in [-0.15, -0.1) is 0 Å². The Hall–Kier alpha value is -2.95. The number of amides is 1. The third-order valence-electron chi connectivity index (χ3n) is 3.68. The molecule has 0 fully saturated rings. The molecule has 24 heavy (non-hydrogen) atoms. The van der Waals surface area contributed by atoms with Crippen molar-refractivity contribution in [3.63, 3.8) is 0 Å². The van der Waals surface area contributed by atoms with Gasteiger partial charge in [-0.3, -0.25) is 14.5 Å². The molecule has 3 aromatic rings. The number of carbonyl (C=O) groups is 1. The normalized spacial score (nSPS) is 10.5. The molecule has 1 aromatic carbocycles. The van der Waals surface area contributed by atoms with Crippen LogP contribution in [-0.4, -0.2) is 27.2 Å². The largest absolute Gasteiger partial charge is 0.354 e. The summed E-state index contributed by atoms with van der Waals surface area (Å²) in [6.07, 6.45) is 4.05. The first-order chi connectivity index (χ1) is 11.7. The molecule has 5 heteroatoms. The van der Waals surface area contributed by atoms with E-state index < -0.39 is 0 Å². The highest BCUT2D eigenvalue weighted by Crippen LogP contribution is 2.12. The van der Waals surface area contributed by atoms with Crippen molar-refractivity contribution in [3.8, 4) is 11.4 Å². The van der Waals surface area contributed by atoms with Gasteiger partial charge in [-0.1, -0.05) is 35.9 Å². The zero-order chi connectivity index (χ0) is 16.8. The predicted molar refractivity (Wildman–Crippen MR) is 93.4 cm³/mol. The van der Waals surface area contributed by atoms with E-state index in [9.17, 15) is 4.79 Å². The monoisotopic (exact) mass is 320 g/mol. The van der Waals surface area contributed by atoms with E-state index in [1.807, 2.05) is 66.3 Å². The Morgan fingerprint density at radius 1 is 1.12 bits per heavy atom. The Balaban J connectivity index is 1.48. The molecule has 0 spiro atoms. The molecule has 0 aliphatic rings. The fourth-order valence-electron chi connectivity index (χ4n) is 2.52. The van der Waals surface area contributed by atoms with Crippen LogP contribution in [0.15, 0.2) is 60.9 Å². The van der Waals surface area contributed by atoms with Gasteiger partial charge < -0.3 is 5.32 Å². The second-order valence-electron chi connectivity index (χ2n) is 5.69. The summed E-state index contributed by atoms with van der Waals surface area (Å²) < 4.78 is 1.82. The Labute approximate surface area is 141 Å². The van der Waals surface area contributed by atoms with Gasteiger partial charge in [0.2, 0.25) is 5.91 Å². The molecule has 0 aliphatic heterocycles. The molecule has 0 bridgehead atoms. The number of nitrogens with zero attached hydrogens (tertiary/aromatic N) is 3. The number of rotatable bonds is 6. The lowest BCUT2D eigenvalue weighted by Gasteiger charge is -2.06. The number of nitrogens with one attached hydrogen (secondary N) is 1. The van der Waals surface area contributed by atoms with E-state index in [1.54, 1.807) is 6.20 Å². The maximum atomic E-state index is 12.0. The minimum Gasteiger partial charge on any atom is -0.354 e. The molecule has 0 atom stereocenters. The van der Waals surface area contributed by atoms with Gasteiger partial charge >= 0.3 is 0 Å². The third kappa shape index (κ3) is 4.29. The molecule has 1 N–H and O–H groups in total. The lowest BCUT2D eigenvalue weighted by Crippen LogP contribution is -2.28. The summed E-state index contributed by atoms with van der Waals surface area (Å²) in [6.45, 7) is 3.21. The van der Waals surface area contributed by atoms with Crippen molar-refractivity contribution in [1.29, 1.82) is 0 Å². The van der Waals surface area contributed by atoms with Crippen LogP contribution in [0.2, 0.25) is 0 Å². The zero-order valence-electron chi connectivity index (χ0n) is 13.6. The van der Waals surface area contributed by atoms with Gasteiger partial charge in [0, 0.05) is 18.9 Å². The highest BCUT2D eigenvalue weighted by Gasteiger charge is 2.05. The molecular weight excluding hydrogens is 300 g/mol. The van der Waals surface area contributed by atoms with Gasteiger partial charge in [0.1, 0.15) is 5.69 Å². The number of hydrogen-bond acceptors (Lipinski definition) is 3. The zero-order valence-corrected chi connectivity index (χ0v) is 13.6.